The minimum atomic E-state index is -1.27. The SMILES string of the molecule is CC[S+]([O-])c1cc(Cl)cnc1C(=N)NO. The first kappa shape index (κ1) is 12.3. The molecule has 0 spiro atoms. The van der Waals surface area contributed by atoms with Gasteiger partial charge >= 0.3 is 0 Å². The molecule has 0 fully saturated rings. The fourth-order valence-corrected chi connectivity index (χ4v) is 2.15. The molecule has 0 aromatic carbocycles. The fraction of sp³-hybridized carbons (Fsp3) is 0.250. The number of pyridine rings is 1. The highest BCUT2D eigenvalue weighted by Gasteiger charge is 2.19. The number of hydrogen-bond acceptors (Lipinski definition) is 4. The Labute approximate surface area is 95.1 Å². The second-order valence-corrected chi connectivity index (χ2v) is 4.77. The number of hydrogen-bond donors (Lipinski definition) is 3. The zero-order valence-electron chi connectivity index (χ0n) is 7.95. The molecule has 3 N–H and O–H groups in total. The van der Waals surface area contributed by atoms with Gasteiger partial charge in [0.05, 0.1) is 5.02 Å². The minimum absolute atomic E-state index is 0.141. The van der Waals surface area contributed by atoms with E-state index in [2.05, 4.69) is 4.98 Å². The molecular formula is C8H10ClN3O2S. The summed E-state index contributed by atoms with van der Waals surface area (Å²) in [6, 6.07) is 1.48. The molecule has 1 atom stereocenters. The van der Waals surface area contributed by atoms with E-state index in [1.165, 1.54) is 12.3 Å². The summed E-state index contributed by atoms with van der Waals surface area (Å²) in [6.45, 7) is 1.75. The van der Waals surface area contributed by atoms with E-state index in [9.17, 15) is 4.55 Å². The highest BCUT2D eigenvalue weighted by atomic mass is 35.5. The fourth-order valence-electron chi connectivity index (χ4n) is 0.990. The van der Waals surface area contributed by atoms with E-state index in [4.69, 9.17) is 22.2 Å². The molecule has 1 unspecified atom stereocenters. The van der Waals surface area contributed by atoms with E-state index in [1.54, 1.807) is 12.4 Å². The normalized spacial score (nSPS) is 12.3. The summed E-state index contributed by atoms with van der Waals surface area (Å²) in [4.78, 5) is 4.19. The van der Waals surface area contributed by atoms with Gasteiger partial charge in [-0.15, -0.1) is 0 Å². The van der Waals surface area contributed by atoms with Crippen molar-refractivity contribution in [1.29, 1.82) is 5.41 Å². The quantitative estimate of drug-likeness (QED) is 0.324. The molecule has 1 aromatic rings. The van der Waals surface area contributed by atoms with Crippen LogP contribution in [0.25, 0.3) is 0 Å². The van der Waals surface area contributed by atoms with Gasteiger partial charge in [0.2, 0.25) is 0 Å². The van der Waals surface area contributed by atoms with Crippen LogP contribution in [-0.2, 0) is 11.2 Å². The van der Waals surface area contributed by atoms with Crippen LogP contribution in [0.15, 0.2) is 17.2 Å². The summed E-state index contributed by atoms with van der Waals surface area (Å²) >= 11 is 4.44. The second-order valence-electron chi connectivity index (χ2n) is 2.62. The van der Waals surface area contributed by atoms with Crippen LogP contribution in [0.1, 0.15) is 12.6 Å². The van der Waals surface area contributed by atoms with Crippen molar-refractivity contribution >= 4 is 28.6 Å². The molecule has 82 valence electrons. The molecular weight excluding hydrogens is 238 g/mol. The van der Waals surface area contributed by atoms with Crippen molar-refractivity contribution in [3.63, 3.8) is 0 Å². The Bertz CT molecular complexity index is 375. The summed E-state index contributed by atoms with van der Waals surface area (Å²) < 4.78 is 11.6. The topological polar surface area (TPSA) is 92.1 Å². The van der Waals surface area contributed by atoms with Gasteiger partial charge < -0.3 is 4.55 Å². The predicted molar refractivity (Wildman–Crippen MR) is 57.9 cm³/mol. The molecule has 0 aliphatic rings. The van der Waals surface area contributed by atoms with Gasteiger partial charge in [-0.3, -0.25) is 16.1 Å². The van der Waals surface area contributed by atoms with E-state index in [0.717, 1.165) is 0 Å². The zero-order valence-corrected chi connectivity index (χ0v) is 9.52. The van der Waals surface area contributed by atoms with Crippen LogP contribution < -0.4 is 5.48 Å². The van der Waals surface area contributed by atoms with Crippen LogP contribution in [0, 0.1) is 5.41 Å². The number of nitrogens with zero attached hydrogens (tertiary/aromatic N) is 1. The average Bonchev–Trinajstić information content (AvgIpc) is 2.26. The summed E-state index contributed by atoms with van der Waals surface area (Å²) in [7, 11) is 0. The monoisotopic (exact) mass is 247 g/mol. The van der Waals surface area contributed by atoms with Gasteiger partial charge in [-0.05, 0) is 18.1 Å². The smallest absolute Gasteiger partial charge is 0.183 e. The van der Waals surface area contributed by atoms with E-state index in [-0.39, 0.29) is 11.5 Å². The standard InChI is InChI=1S/C8H10ClN3O2S/c1-2-15(14)6-3-5(9)4-11-7(6)8(10)12-13/h3-4,13H,2H2,1H3,(H2,10,12). The van der Waals surface area contributed by atoms with Crippen molar-refractivity contribution < 1.29 is 9.76 Å². The van der Waals surface area contributed by atoms with Crippen LogP contribution in [0.3, 0.4) is 0 Å². The Morgan fingerprint density at radius 2 is 2.47 bits per heavy atom. The van der Waals surface area contributed by atoms with Gasteiger partial charge in [0.15, 0.2) is 16.4 Å². The molecule has 0 saturated carbocycles. The van der Waals surface area contributed by atoms with Crippen molar-refractivity contribution in [2.45, 2.75) is 11.8 Å². The van der Waals surface area contributed by atoms with E-state index < -0.39 is 11.2 Å². The Morgan fingerprint density at radius 3 is 3.00 bits per heavy atom. The molecule has 0 amide bonds. The molecule has 0 radical (unpaired) electrons. The maximum atomic E-state index is 11.6. The van der Waals surface area contributed by atoms with Gasteiger partial charge in [-0.2, -0.15) is 0 Å². The van der Waals surface area contributed by atoms with E-state index in [0.29, 0.717) is 15.7 Å². The summed E-state index contributed by atoms with van der Waals surface area (Å²) in [5.41, 5.74) is 1.80. The van der Waals surface area contributed by atoms with E-state index in [1.807, 2.05) is 0 Å². The molecule has 1 heterocycles. The maximum absolute atomic E-state index is 11.6. The Balaban J connectivity index is 3.20. The molecule has 5 nitrogen and oxygen atoms in total. The Kier molecular flexibility index (Phi) is 4.34. The molecule has 1 aromatic heterocycles. The summed E-state index contributed by atoms with van der Waals surface area (Å²) in [5.74, 6) is 0.0942. The van der Waals surface area contributed by atoms with E-state index >= 15 is 0 Å². The highest BCUT2D eigenvalue weighted by molar-refractivity contribution is 7.91. The molecule has 15 heavy (non-hydrogen) atoms. The van der Waals surface area contributed by atoms with Gasteiger partial charge in [0.25, 0.3) is 0 Å². The highest BCUT2D eigenvalue weighted by Crippen LogP contribution is 2.19. The molecule has 0 bridgehead atoms. The van der Waals surface area contributed by atoms with Gasteiger partial charge in [0, 0.05) is 12.3 Å². The Hall–Kier alpha value is -0.820. The lowest BCUT2D eigenvalue weighted by molar-refractivity contribution is 0.233. The first-order chi connectivity index (χ1) is 7.10. The lowest BCUT2D eigenvalue weighted by atomic mass is 10.3. The predicted octanol–water partition coefficient (Wildman–Crippen LogP) is 1.17. The number of rotatable bonds is 3. The van der Waals surface area contributed by atoms with Crippen molar-refractivity contribution in [2.24, 2.45) is 0 Å². The minimum Gasteiger partial charge on any atom is -0.611 e. The summed E-state index contributed by atoms with van der Waals surface area (Å²) in [6.07, 6.45) is 1.33. The van der Waals surface area contributed by atoms with Crippen LogP contribution in [0.4, 0.5) is 0 Å². The van der Waals surface area contributed by atoms with Gasteiger partial charge in [-0.1, -0.05) is 11.6 Å². The first-order valence-electron chi connectivity index (χ1n) is 4.13. The van der Waals surface area contributed by atoms with Crippen LogP contribution in [0.5, 0.6) is 0 Å². The van der Waals surface area contributed by atoms with Crippen LogP contribution >= 0.6 is 11.6 Å². The molecule has 7 heteroatoms. The van der Waals surface area contributed by atoms with Crippen LogP contribution in [0.2, 0.25) is 5.02 Å². The average molecular weight is 248 g/mol. The number of hydroxylamine groups is 1. The zero-order chi connectivity index (χ0) is 11.4. The number of aromatic nitrogens is 1. The first-order valence-corrected chi connectivity index (χ1v) is 5.82. The third-order valence-corrected chi connectivity index (χ3v) is 3.21. The van der Waals surface area contributed by atoms with Gasteiger partial charge in [-0.25, -0.2) is 4.98 Å². The largest absolute Gasteiger partial charge is 0.611 e. The summed E-state index contributed by atoms with van der Waals surface area (Å²) in [5, 5.41) is 16.3. The van der Waals surface area contributed by atoms with Crippen molar-refractivity contribution in [2.75, 3.05) is 5.75 Å². The Morgan fingerprint density at radius 1 is 1.80 bits per heavy atom. The van der Waals surface area contributed by atoms with Gasteiger partial charge in [0.1, 0.15) is 5.75 Å². The lowest BCUT2D eigenvalue weighted by Crippen LogP contribution is -2.23. The van der Waals surface area contributed by atoms with Crippen LogP contribution in [-0.4, -0.2) is 26.3 Å². The van der Waals surface area contributed by atoms with Crippen molar-refractivity contribution in [3.8, 4) is 0 Å². The molecule has 0 aliphatic heterocycles. The van der Waals surface area contributed by atoms with Crippen molar-refractivity contribution in [1.82, 2.24) is 10.5 Å². The maximum Gasteiger partial charge on any atom is 0.183 e. The number of amidine groups is 1. The number of nitrogens with one attached hydrogen (secondary N) is 2. The second kappa shape index (κ2) is 5.32. The molecule has 1 rings (SSSR count). The lowest BCUT2D eigenvalue weighted by Gasteiger charge is -2.11. The number of halogens is 1. The van der Waals surface area contributed by atoms with Crippen molar-refractivity contribution in [3.05, 3.63) is 23.0 Å². The third-order valence-electron chi connectivity index (χ3n) is 1.68. The molecule has 0 aliphatic carbocycles. The third kappa shape index (κ3) is 2.82. The molecule has 0 saturated heterocycles.